The van der Waals surface area contributed by atoms with Gasteiger partial charge < -0.3 is 10.5 Å². The van der Waals surface area contributed by atoms with Crippen molar-refractivity contribution in [3.05, 3.63) is 42.6 Å². The maximum absolute atomic E-state index is 12.2. The van der Waals surface area contributed by atoms with Crippen molar-refractivity contribution >= 4 is 21.5 Å². The number of nitrogens with zero attached hydrogens (tertiary/aromatic N) is 1. The molecule has 0 radical (unpaired) electrons. The molecule has 0 saturated heterocycles. The molecule has 0 aliphatic heterocycles. The molecule has 0 atom stereocenters. The van der Waals surface area contributed by atoms with Crippen LogP contribution in [0.3, 0.4) is 0 Å². The van der Waals surface area contributed by atoms with Crippen molar-refractivity contribution in [1.82, 2.24) is 4.98 Å². The predicted molar refractivity (Wildman–Crippen MR) is 77.1 cm³/mol. The quantitative estimate of drug-likeness (QED) is 0.877. The van der Waals surface area contributed by atoms with Crippen molar-refractivity contribution in [2.24, 2.45) is 0 Å². The van der Waals surface area contributed by atoms with E-state index in [2.05, 4.69) is 9.71 Å². The molecule has 0 spiro atoms. The third kappa shape index (κ3) is 3.18. The summed E-state index contributed by atoms with van der Waals surface area (Å²) in [4.78, 5) is 3.81. The van der Waals surface area contributed by atoms with Gasteiger partial charge in [-0.25, -0.2) is 13.4 Å². The van der Waals surface area contributed by atoms with Crippen LogP contribution in [0.2, 0.25) is 0 Å². The minimum Gasteiger partial charge on any atom is -0.492 e. The molecule has 1 aromatic heterocycles. The number of para-hydroxylation sites is 2. The zero-order valence-corrected chi connectivity index (χ0v) is 11.7. The maximum Gasteiger partial charge on any atom is 0.263 e. The lowest BCUT2D eigenvalue weighted by Crippen LogP contribution is -2.14. The van der Waals surface area contributed by atoms with Crippen molar-refractivity contribution < 1.29 is 13.2 Å². The normalized spacial score (nSPS) is 11.1. The highest BCUT2D eigenvalue weighted by atomic mass is 32.2. The summed E-state index contributed by atoms with van der Waals surface area (Å²) >= 11 is 0. The molecule has 0 fully saturated rings. The minimum absolute atomic E-state index is 0.0398. The second-order valence-corrected chi connectivity index (χ2v) is 5.64. The Hall–Kier alpha value is -2.28. The van der Waals surface area contributed by atoms with E-state index < -0.39 is 10.0 Å². The van der Waals surface area contributed by atoms with Gasteiger partial charge in [-0.3, -0.25) is 4.72 Å². The Kier molecular flexibility index (Phi) is 4.09. The Morgan fingerprint density at radius 3 is 2.65 bits per heavy atom. The van der Waals surface area contributed by atoms with Gasteiger partial charge in [-0.1, -0.05) is 12.1 Å². The fourth-order valence-corrected chi connectivity index (χ4v) is 2.60. The second kappa shape index (κ2) is 5.79. The summed E-state index contributed by atoms with van der Waals surface area (Å²) in [5.41, 5.74) is 5.82. The number of anilines is 2. The first kappa shape index (κ1) is 14.1. The average molecular weight is 293 g/mol. The SMILES string of the molecule is CCOc1ccccc1NS(=O)(=O)c1ccc(N)nc1. The number of nitrogens with two attached hydrogens (primary N) is 1. The largest absolute Gasteiger partial charge is 0.492 e. The van der Waals surface area contributed by atoms with Gasteiger partial charge in [0.1, 0.15) is 16.5 Å². The van der Waals surface area contributed by atoms with Gasteiger partial charge in [0.25, 0.3) is 10.0 Å². The molecule has 7 heteroatoms. The summed E-state index contributed by atoms with van der Waals surface area (Å²) in [7, 11) is -3.72. The number of nitrogens with one attached hydrogen (secondary N) is 1. The van der Waals surface area contributed by atoms with Gasteiger partial charge >= 0.3 is 0 Å². The van der Waals surface area contributed by atoms with E-state index in [9.17, 15) is 8.42 Å². The van der Waals surface area contributed by atoms with Gasteiger partial charge in [-0.05, 0) is 31.2 Å². The van der Waals surface area contributed by atoms with Gasteiger partial charge in [-0.2, -0.15) is 0 Å². The van der Waals surface area contributed by atoms with E-state index in [1.165, 1.54) is 18.3 Å². The van der Waals surface area contributed by atoms with Gasteiger partial charge in [0, 0.05) is 6.20 Å². The van der Waals surface area contributed by atoms with Crippen LogP contribution in [0.1, 0.15) is 6.92 Å². The van der Waals surface area contributed by atoms with Crippen molar-refractivity contribution in [3.8, 4) is 5.75 Å². The van der Waals surface area contributed by atoms with E-state index in [4.69, 9.17) is 10.5 Å². The first-order valence-electron chi connectivity index (χ1n) is 5.99. The number of ether oxygens (including phenoxy) is 1. The molecule has 2 rings (SSSR count). The van der Waals surface area contributed by atoms with E-state index in [0.29, 0.717) is 18.0 Å². The summed E-state index contributed by atoms with van der Waals surface area (Å²) in [5, 5.41) is 0. The molecule has 1 heterocycles. The second-order valence-electron chi connectivity index (χ2n) is 3.95. The average Bonchev–Trinajstić information content (AvgIpc) is 2.41. The first-order chi connectivity index (χ1) is 9.53. The van der Waals surface area contributed by atoms with Crippen molar-refractivity contribution in [2.45, 2.75) is 11.8 Å². The van der Waals surface area contributed by atoms with Crippen LogP contribution in [0.5, 0.6) is 5.75 Å². The Labute approximate surface area is 117 Å². The van der Waals surface area contributed by atoms with Crippen LogP contribution >= 0.6 is 0 Å². The molecule has 0 unspecified atom stereocenters. The van der Waals surface area contributed by atoms with Crippen LogP contribution in [-0.2, 0) is 10.0 Å². The lowest BCUT2D eigenvalue weighted by molar-refractivity contribution is 0.342. The van der Waals surface area contributed by atoms with Gasteiger partial charge in [0.05, 0.1) is 12.3 Å². The van der Waals surface area contributed by atoms with Gasteiger partial charge in [0.15, 0.2) is 0 Å². The first-order valence-corrected chi connectivity index (χ1v) is 7.47. The third-order valence-electron chi connectivity index (χ3n) is 2.50. The molecular weight excluding hydrogens is 278 g/mol. The molecule has 106 valence electrons. The summed E-state index contributed by atoms with van der Waals surface area (Å²) in [6.45, 7) is 2.28. The van der Waals surface area contributed by atoms with Crippen LogP contribution in [0.4, 0.5) is 11.5 Å². The molecule has 2 aromatic rings. The van der Waals surface area contributed by atoms with Crippen molar-refractivity contribution in [3.63, 3.8) is 0 Å². The highest BCUT2D eigenvalue weighted by molar-refractivity contribution is 7.92. The monoisotopic (exact) mass is 293 g/mol. The number of nitrogen functional groups attached to an aromatic ring is 1. The lowest BCUT2D eigenvalue weighted by atomic mass is 10.3. The molecular formula is C13H15N3O3S. The maximum atomic E-state index is 12.2. The van der Waals surface area contributed by atoms with Crippen LogP contribution in [0, 0.1) is 0 Å². The van der Waals surface area contributed by atoms with E-state index in [-0.39, 0.29) is 10.7 Å². The standard InChI is InChI=1S/C13H15N3O3S/c1-2-19-12-6-4-3-5-11(12)16-20(17,18)10-7-8-13(14)15-9-10/h3-9,16H,2H2,1H3,(H2,14,15). The molecule has 20 heavy (non-hydrogen) atoms. The number of sulfonamides is 1. The summed E-state index contributed by atoms with van der Waals surface area (Å²) in [6, 6.07) is 9.65. The Morgan fingerprint density at radius 1 is 1.25 bits per heavy atom. The molecule has 0 bridgehead atoms. The Morgan fingerprint density at radius 2 is 2.00 bits per heavy atom. The Balaban J connectivity index is 2.31. The topological polar surface area (TPSA) is 94.3 Å². The van der Waals surface area contributed by atoms with E-state index in [1.54, 1.807) is 24.3 Å². The van der Waals surface area contributed by atoms with E-state index in [1.807, 2.05) is 6.92 Å². The van der Waals surface area contributed by atoms with Crippen LogP contribution in [-0.4, -0.2) is 20.0 Å². The fourth-order valence-electron chi connectivity index (χ4n) is 1.59. The van der Waals surface area contributed by atoms with Crippen LogP contribution < -0.4 is 15.2 Å². The molecule has 1 aromatic carbocycles. The molecule has 0 saturated carbocycles. The summed E-state index contributed by atoms with van der Waals surface area (Å²) in [6.07, 6.45) is 1.21. The number of aromatic nitrogens is 1. The minimum atomic E-state index is -3.72. The van der Waals surface area contributed by atoms with Gasteiger partial charge in [-0.15, -0.1) is 0 Å². The molecule has 0 amide bonds. The number of rotatable bonds is 5. The highest BCUT2D eigenvalue weighted by Crippen LogP contribution is 2.26. The smallest absolute Gasteiger partial charge is 0.263 e. The zero-order valence-electron chi connectivity index (χ0n) is 10.9. The van der Waals surface area contributed by atoms with Crippen molar-refractivity contribution in [2.75, 3.05) is 17.1 Å². The number of pyridine rings is 1. The summed E-state index contributed by atoms with van der Waals surface area (Å²) < 4.78 is 32.3. The third-order valence-corrected chi connectivity index (χ3v) is 3.85. The zero-order chi connectivity index (χ0) is 14.6. The lowest BCUT2D eigenvalue weighted by Gasteiger charge is -2.12. The van der Waals surface area contributed by atoms with E-state index in [0.717, 1.165) is 0 Å². The van der Waals surface area contributed by atoms with Crippen molar-refractivity contribution in [1.29, 1.82) is 0 Å². The molecule has 0 aliphatic rings. The fraction of sp³-hybridized carbons (Fsp3) is 0.154. The van der Waals surface area contributed by atoms with Crippen LogP contribution in [0.15, 0.2) is 47.5 Å². The summed E-state index contributed by atoms with van der Waals surface area (Å²) in [5.74, 6) is 0.737. The predicted octanol–water partition coefficient (Wildman–Crippen LogP) is 1.86. The van der Waals surface area contributed by atoms with Gasteiger partial charge in [0.2, 0.25) is 0 Å². The number of benzene rings is 1. The number of hydrogen-bond acceptors (Lipinski definition) is 5. The Bertz CT molecular complexity index is 684. The molecule has 0 aliphatic carbocycles. The van der Waals surface area contributed by atoms with Crippen LogP contribution in [0.25, 0.3) is 0 Å². The molecule has 6 nitrogen and oxygen atoms in total. The van der Waals surface area contributed by atoms with E-state index >= 15 is 0 Å². The number of hydrogen-bond donors (Lipinski definition) is 2. The highest BCUT2D eigenvalue weighted by Gasteiger charge is 2.16. The molecule has 3 N–H and O–H groups in total.